The molecule has 1 amide bonds. The third-order valence-corrected chi connectivity index (χ3v) is 5.64. The Morgan fingerprint density at radius 3 is 2.38 bits per heavy atom. The van der Waals surface area contributed by atoms with Crippen molar-refractivity contribution in [2.24, 2.45) is 0 Å². The van der Waals surface area contributed by atoms with E-state index in [1.807, 2.05) is 38.4 Å². The molecular weight excluding hydrogens is 390 g/mol. The smallest absolute Gasteiger partial charge is 0.252 e. The van der Waals surface area contributed by atoms with E-state index in [4.69, 9.17) is 0 Å². The fourth-order valence-corrected chi connectivity index (χ4v) is 3.90. The first kappa shape index (κ1) is 18.9. The summed E-state index contributed by atoms with van der Waals surface area (Å²) in [4.78, 5) is 17.2. The van der Waals surface area contributed by atoms with Gasteiger partial charge in [-0.25, -0.2) is 0 Å². The molecule has 5 heteroatoms. The van der Waals surface area contributed by atoms with Crippen molar-refractivity contribution < 1.29 is 4.79 Å². The molecule has 3 rings (SSSR count). The maximum atomic E-state index is 12.6. The van der Waals surface area contributed by atoms with E-state index >= 15 is 0 Å². The minimum atomic E-state index is -0.0356. The molecule has 0 bridgehead atoms. The van der Waals surface area contributed by atoms with Gasteiger partial charge in [0.1, 0.15) is 0 Å². The van der Waals surface area contributed by atoms with E-state index in [0.29, 0.717) is 12.1 Å². The topological polar surface area (TPSA) is 35.6 Å². The quantitative estimate of drug-likeness (QED) is 0.771. The average molecular weight is 416 g/mol. The van der Waals surface area contributed by atoms with Gasteiger partial charge in [0.05, 0.1) is 11.6 Å². The molecule has 1 N–H and O–H groups in total. The molecule has 0 radical (unpaired) electrons. The number of rotatable bonds is 6. The summed E-state index contributed by atoms with van der Waals surface area (Å²) in [6, 6.07) is 16.4. The Bertz CT molecular complexity index is 739. The van der Waals surface area contributed by atoms with Crippen LogP contribution in [0.2, 0.25) is 0 Å². The summed E-state index contributed by atoms with van der Waals surface area (Å²) in [5.41, 5.74) is 3.12. The zero-order valence-corrected chi connectivity index (χ0v) is 17.0. The van der Waals surface area contributed by atoms with E-state index in [-0.39, 0.29) is 11.9 Å². The molecule has 26 heavy (non-hydrogen) atoms. The van der Waals surface area contributed by atoms with Crippen molar-refractivity contribution in [2.45, 2.75) is 18.9 Å². The highest BCUT2D eigenvalue weighted by molar-refractivity contribution is 9.10. The van der Waals surface area contributed by atoms with Crippen LogP contribution in [-0.2, 0) is 0 Å². The van der Waals surface area contributed by atoms with Crippen molar-refractivity contribution in [1.82, 2.24) is 10.2 Å². The van der Waals surface area contributed by atoms with Crippen LogP contribution in [0.25, 0.3) is 0 Å². The second-order valence-corrected chi connectivity index (χ2v) is 7.79. The summed E-state index contributed by atoms with van der Waals surface area (Å²) in [6.07, 6.45) is 2.45. The Balaban J connectivity index is 1.74. The van der Waals surface area contributed by atoms with Gasteiger partial charge in [0.25, 0.3) is 5.91 Å². The Hall–Kier alpha value is -1.85. The highest BCUT2D eigenvalue weighted by atomic mass is 79.9. The van der Waals surface area contributed by atoms with E-state index in [9.17, 15) is 4.79 Å². The molecule has 0 unspecified atom stereocenters. The third-order valence-electron chi connectivity index (χ3n) is 4.95. The number of hydrogen-bond donors (Lipinski definition) is 1. The summed E-state index contributed by atoms with van der Waals surface area (Å²) in [5.74, 6) is -0.0356. The van der Waals surface area contributed by atoms with Crippen LogP contribution in [-0.4, -0.2) is 44.5 Å². The standard InChI is InChI=1S/C21H26BrN3O/c1-24(2)17-11-9-16(10-12-17)20(25-13-5-6-14-25)15-23-21(26)18-7-3-4-8-19(18)22/h3-4,7-12,20H,5-6,13-15H2,1-2H3,(H,23,26)/t20-/m0/s1. The first-order chi connectivity index (χ1) is 12.6. The van der Waals surface area contributed by atoms with E-state index in [1.54, 1.807) is 0 Å². The van der Waals surface area contributed by atoms with Crippen molar-refractivity contribution >= 4 is 27.5 Å². The molecule has 1 aliphatic heterocycles. The number of amides is 1. The maximum Gasteiger partial charge on any atom is 0.252 e. The molecule has 1 aliphatic rings. The van der Waals surface area contributed by atoms with Crippen molar-refractivity contribution in [3.63, 3.8) is 0 Å². The van der Waals surface area contributed by atoms with Crippen LogP contribution < -0.4 is 10.2 Å². The number of halogens is 1. The molecule has 0 aromatic heterocycles. The molecule has 1 atom stereocenters. The highest BCUT2D eigenvalue weighted by Crippen LogP contribution is 2.26. The van der Waals surface area contributed by atoms with Gasteiger partial charge in [-0.05, 0) is 71.7 Å². The van der Waals surface area contributed by atoms with Crippen molar-refractivity contribution in [3.05, 3.63) is 64.1 Å². The lowest BCUT2D eigenvalue weighted by atomic mass is 10.0. The van der Waals surface area contributed by atoms with Crippen LogP contribution in [0.15, 0.2) is 53.0 Å². The summed E-state index contributed by atoms with van der Waals surface area (Å²) in [7, 11) is 4.09. The fraction of sp³-hybridized carbons (Fsp3) is 0.381. The molecule has 1 saturated heterocycles. The van der Waals surface area contributed by atoms with E-state index in [0.717, 1.165) is 17.6 Å². The fourth-order valence-electron chi connectivity index (χ4n) is 3.44. The largest absolute Gasteiger partial charge is 0.378 e. The minimum Gasteiger partial charge on any atom is -0.378 e. The predicted molar refractivity (Wildman–Crippen MR) is 111 cm³/mol. The maximum absolute atomic E-state index is 12.6. The van der Waals surface area contributed by atoms with Gasteiger partial charge in [-0.3, -0.25) is 9.69 Å². The van der Waals surface area contributed by atoms with Crippen LogP contribution in [0.1, 0.15) is 34.8 Å². The number of nitrogens with one attached hydrogen (secondary N) is 1. The molecule has 2 aromatic carbocycles. The number of benzene rings is 2. The summed E-state index contributed by atoms with van der Waals surface area (Å²) in [6.45, 7) is 2.79. The van der Waals surface area contributed by atoms with Gasteiger partial charge in [-0.2, -0.15) is 0 Å². The second kappa shape index (κ2) is 8.69. The number of likely N-dealkylation sites (tertiary alicyclic amines) is 1. The van der Waals surface area contributed by atoms with Crippen LogP contribution in [0, 0.1) is 0 Å². The summed E-state index contributed by atoms with van der Waals surface area (Å²) in [5, 5.41) is 3.13. The molecule has 0 saturated carbocycles. The predicted octanol–water partition coefficient (Wildman–Crippen LogP) is 4.08. The molecule has 2 aromatic rings. The molecule has 1 fully saturated rings. The normalized spacial score (nSPS) is 15.7. The molecular formula is C21H26BrN3O. The minimum absolute atomic E-state index is 0.0356. The van der Waals surface area contributed by atoms with Gasteiger partial charge >= 0.3 is 0 Å². The molecule has 1 heterocycles. The molecule has 0 aliphatic carbocycles. The third kappa shape index (κ3) is 4.46. The number of anilines is 1. The Morgan fingerprint density at radius 1 is 1.12 bits per heavy atom. The van der Waals surface area contributed by atoms with Gasteiger partial charge in [-0.1, -0.05) is 24.3 Å². The number of nitrogens with zero attached hydrogens (tertiary/aromatic N) is 2. The lowest BCUT2D eigenvalue weighted by Gasteiger charge is -2.28. The van der Waals surface area contributed by atoms with E-state index < -0.39 is 0 Å². The van der Waals surface area contributed by atoms with E-state index in [2.05, 4.69) is 55.3 Å². The van der Waals surface area contributed by atoms with Crippen molar-refractivity contribution in [3.8, 4) is 0 Å². The van der Waals surface area contributed by atoms with Crippen molar-refractivity contribution in [2.75, 3.05) is 38.6 Å². The van der Waals surface area contributed by atoms with Crippen LogP contribution >= 0.6 is 15.9 Å². The number of carbonyl (C=O) groups is 1. The monoisotopic (exact) mass is 415 g/mol. The molecule has 4 nitrogen and oxygen atoms in total. The van der Waals surface area contributed by atoms with E-state index in [1.165, 1.54) is 24.1 Å². The first-order valence-corrected chi connectivity index (χ1v) is 9.89. The zero-order valence-electron chi connectivity index (χ0n) is 15.4. The van der Waals surface area contributed by atoms with Gasteiger partial charge in [0, 0.05) is 30.8 Å². The number of hydrogen-bond acceptors (Lipinski definition) is 3. The Labute approximate surface area is 164 Å². The lowest BCUT2D eigenvalue weighted by molar-refractivity contribution is 0.0937. The van der Waals surface area contributed by atoms with Gasteiger partial charge in [0.2, 0.25) is 0 Å². The molecule has 0 spiro atoms. The number of carbonyl (C=O) groups excluding carboxylic acids is 1. The summed E-state index contributed by atoms with van der Waals surface area (Å²) >= 11 is 3.46. The van der Waals surface area contributed by atoms with Gasteiger partial charge < -0.3 is 10.2 Å². The lowest BCUT2D eigenvalue weighted by Crippen LogP contribution is -2.36. The van der Waals surface area contributed by atoms with Gasteiger partial charge in [-0.15, -0.1) is 0 Å². The van der Waals surface area contributed by atoms with Crippen molar-refractivity contribution in [1.29, 1.82) is 0 Å². The highest BCUT2D eigenvalue weighted by Gasteiger charge is 2.24. The van der Waals surface area contributed by atoms with Crippen LogP contribution in [0.3, 0.4) is 0 Å². The SMILES string of the molecule is CN(C)c1ccc([C@H](CNC(=O)c2ccccc2Br)N2CCCC2)cc1. The van der Waals surface area contributed by atoms with Crippen LogP contribution in [0.5, 0.6) is 0 Å². The zero-order chi connectivity index (χ0) is 18.5. The first-order valence-electron chi connectivity index (χ1n) is 9.10. The van der Waals surface area contributed by atoms with Crippen LogP contribution in [0.4, 0.5) is 5.69 Å². The van der Waals surface area contributed by atoms with Gasteiger partial charge in [0.15, 0.2) is 0 Å². The second-order valence-electron chi connectivity index (χ2n) is 6.93. The Kier molecular flexibility index (Phi) is 6.33. The average Bonchev–Trinajstić information content (AvgIpc) is 3.17. The molecule has 138 valence electrons. The summed E-state index contributed by atoms with van der Waals surface area (Å²) < 4.78 is 0.825. The Morgan fingerprint density at radius 2 is 1.77 bits per heavy atom.